The smallest absolute Gasteiger partial charge is 0.273 e. The number of hydrogen-bond acceptors (Lipinski definition) is 7. The average Bonchev–Trinajstić information content (AvgIpc) is 3.36. The summed E-state index contributed by atoms with van der Waals surface area (Å²) < 4.78 is 6.40. The molecule has 4 aromatic rings. The fourth-order valence-electron chi connectivity index (χ4n) is 3.81. The van der Waals surface area contributed by atoms with Gasteiger partial charge in [0.1, 0.15) is 5.52 Å². The maximum absolute atomic E-state index is 12.7. The number of halogens is 1. The highest BCUT2D eigenvalue weighted by molar-refractivity contribution is 9.10. The van der Waals surface area contributed by atoms with Gasteiger partial charge in [0.25, 0.3) is 17.5 Å². The minimum atomic E-state index is -0.525. The molecule has 0 saturated heterocycles. The Hall–Kier alpha value is -4.38. The van der Waals surface area contributed by atoms with Crippen molar-refractivity contribution < 1.29 is 23.7 Å². The molecule has 1 aliphatic rings. The molecule has 0 spiro atoms. The van der Waals surface area contributed by atoms with Crippen LogP contribution in [0.4, 0.5) is 11.4 Å². The van der Waals surface area contributed by atoms with Gasteiger partial charge < -0.3 is 9.73 Å². The van der Waals surface area contributed by atoms with Gasteiger partial charge in [0.05, 0.1) is 33.4 Å². The second-order valence-electron chi connectivity index (χ2n) is 7.72. The number of benzene rings is 3. The van der Waals surface area contributed by atoms with E-state index < -0.39 is 22.6 Å². The predicted octanol–water partition coefficient (Wildman–Crippen LogP) is 4.79. The molecule has 10 nitrogen and oxygen atoms in total. The van der Waals surface area contributed by atoms with E-state index in [0.29, 0.717) is 32.4 Å². The fourth-order valence-corrected chi connectivity index (χ4v) is 4.17. The van der Waals surface area contributed by atoms with Gasteiger partial charge in [-0.2, -0.15) is 0 Å². The Balaban J connectivity index is 1.32. The van der Waals surface area contributed by atoms with Crippen LogP contribution >= 0.6 is 15.9 Å². The van der Waals surface area contributed by atoms with Crippen molar-refractivity contribution in [2.45, 2.75) is 6.42 Å². The van der Waals surface area contributed by atoms with Crippen molar-refractivity contribution in [2.24, 2.45) is 0 Å². The summed E-state index contributed by atoms with van der Waals surface area (Å²) in [7, 11) is 0. The Morgan fingerprint density at radius 3 is 2.60 bits per heavy atom. The number of nitrogens with one attached hydrogen (secondary N) is 1. The topological polar surface area (TPSA) is 136 Å². The van der Waals surface area contributed by atoms with Gasteiger partial charge in [-0.1, -0.05) is 28.1 Å². The molecule has 0 radical (unpaired) electrons. The maximum atomic E-state index is 12.7. The lowest BCUT2D eigenvalue weighted by Gasteiger charge is -2.14. The van der Waals surface area contributed by atoms with Crippen LogP contribution in [0.2, 0.25) is 0 Å². The quantitative estimate of drug-likeness (QED) is 0.213. The zero-order chi connectivity index (χ0) is 24.7. The van der Waals surface area contributed by atoms with E-state index in [2.05, 4.69) is 26.2 Å². The van der Waals surface area contributed by atoms with Crippen molar-refractivity contribution in [1.82, 2.24) is 9.88 Å². The van der Waals surface area contributed by atoms with E-state index in [1.54, 1.807) is 42.5 Å². The van der Waals surface area contributed by atoms with Gasteiger partial charge in [0.2, 0.25) is 11.8 Å². The normalized spacial score (nSPS) is 12.8. The number of fused-ring (bicyclic) bond motifs is 2. The molecule has 0 unspecified atom stereocenters. The molecule has 1 aliphatic heterocycles. The first kappa shape index (κ1) is 22.4. The molecule has 0 aliphatic carbocycles. The van der Waals surface area contributed by atoms with Crippen molar-refractivity contribution in [3.8, 4) is 11.5 Å². The molecule has 2 heterocycles. The summed E-state index contributed by atoms with van der Waals surface area (Å²) in [6, 6.07) is 15.7. The number of anilines is 1. The number of nitrogens with zero attached hydrogens (tertiary/aromatic N) is 3. The Morgan fingerprint density at radius 2 is 1.80 bits per heavy atom. The van der Waals surface area contributed by atoms with Crippen LogP contribution in [0.1, 0.15) is 27.1 Å². The lowest BCUT2D eigenvalue weighted by atomic mass is 10.1. The molecule has 0 atom stereocenters. The summed E-state index contributed by atoms with van der Waals surface area (Å²) in [5, 5.41) is 13.8. The van der Waals surface area contributed by atoms with Crippen LogP contribution in [0.25, 0.3) is 22.6 Å². The van der Waals surface area contributed by atoms with Crippen LogP contribution < -0.4 is 5.32 Å². The highest BCUT2D eigenvalue weighted by Gasteiger charge is 2.35. The Bertz CT molecular complexity index is 1550. The molecule has 0 bridgehead atoms. The first-order chi connectivity index (χ1) is 16.8. The lowest BCUT2D eigenvalue weighted by Crippen LogP contribution is -2.32. The summed E-state index contributed by atoms with van der Waals surface area (Å²) in [5.41, 5.74) is 2.04. The number of hydrogen-bond donors (Lipinski definition) is 1. The second-order valence-corrected chi connectivity index (χ2v) is 8.64. The molecule has 35 heavy (non-hydrogen) atoms. The molecular weight excluding hydrogens is 520 g/mol. The predicted molar refractivity (Wildman–Crippen MR) is 129 cm³/mol. The van der Waals surface area contributed by atoms with Crippen molar-refractivity contribution >= 4 is 56.1 Å². The number of nitro groups is 1. The summed E-state index contributed by atoms with van der Waals surface area (Å²) in [6.07, 6.45) is -0.110. The average molecular weight is 535 g/mol. The third-order valence-electron chi connectivity index (χ3n) is 5.51. The molecule has 11 heteroatoms. The SMILES string of the molecule is O=C(CCN1C(=O)c2ccc(Br)cc2C1=O)Nc1ccccc1-c1nc2ccc([N+](=O)[O-])cc2o1. The Labute approximate surface area is 205 Å². The van der Waals surface area contributed by atoms with E-state index in [0.717, 1.165) is 4.90 Å². The molecule has 3 amide bonds. The maximum Gasteiger partial charge on any atom is 0.273 e. The monoisotopic (exact) mass is 534 g/mol. The van der Waals surface area contributed by atoms with Crippen molar-refractivity contribution in [3.63, 3.8) is 0 Å². The highest BCUT2D eigenvalue weighted by Crippen LogP contribution is 2.32. The van der Waals surface area contributed by atoms with Crippen LogP contribution in [0, 0.1) is 10.1 Å². The molecule has 1 N–H and O–H groups in total. The number of carbonyl (C=O) groups excluding carboxylic acids is 3. The largest absolute Gasteiger partial charge is 0.436 e. The van der Waals surface area contributed by atoms with Crippen LogP contribution in [-0.2, 0) is 4.79 Å². The van der Waals surface area contributed by atoms with Gasteiger partial charge in [0, 0.05) is 23.5 Å². The number of nitro benzene ring substituents is 1. The van der Waals surface area contributed by atoms with E-state index in [1.807, 2.05) is 0 Å². The molecule has 0 fully saturated rings. The number of non-ortho nitro benzene ring substituents is 1. The van der Waals surface area contributed by atoms with Crippen LogP contribution in [-0.4, -0.2) is 39.1 Å². The van der Waals surface area contributed by atoms with Gasteiger partial charge >= 0.3 is 0 Å². The zero-order valence-corrected chi connectivity index (χ0v) is 19.4. The van der Waals surface area contributed by atoms with Crippen LogP contribution in [0.15, 0.2) is 69.6 Å². The number of rotatable bonds is 6. The van der Waals surface area contributed by atoms with E-state index in [9.17, 15) is 24.5 Å². The third-order valence-corrected chi connectivity index (χ3v) is 6.00. The van der Waals surface area contributed by atoms with Gasteiger partial charge in [-0.05, 0) is 36.4 Å². The number of imide groups is 1. The standard InChI is InChI=1S/C24H15BrN4O6/c25-13-5-7-15-17(11-13)24(32)28(23(15)31)10-9-21(30)26-18-4-2-1-3-16(18)22-27-19-8-6-14(29(33)34)12-20(19)35-22/h1-8,11-12H,9-10H2,(H,26,30). The van der Waals surface area contributed by atoms with Crippen LogP contribution in [0.3, 0.4) is 0 Å². The lowest BCUT2D eigenvalue weighted by molar-refractivity contribution is -0.384. The van der Waals surface area contributed by atoms with Gasteiger partial charge in [-0.15, -0.1) is 0 Å². The van der Waals surface area contributed by atoms with Crippen molar-refractivity contribution in [2.75, 3.05) is 11.9 Å². The number of oxazole rings is 1. The first-order valence-electron chi connectivity index (χ1n) is 10.4. The number of carbonyl (C=O) groups is 3. The van der Waals surface area contributed by atoms with Gasteiger partial charge in [0.15, 0.2) is 5.58 Å². The fraction of sp³-hybridized carbons (Fsp3) is 0.0833. The minimum absolute atomic E-state index is 0.0788. The van der Waals surface area contributed by atoms with E-state index in [1.165, 1.54) is 18.2 Å². The Kier molecular flexibility index (Phi) is 5.61. The van der Waals surface area contributed by atoms with Crippen molar-refractivity contribution in [3.05, 3.63) is 86.4 Å². The molecule has 5 rings (SSSR count). The second kappa shape index (κ2) is 8.76. The molecular formula is C24H15BrN4O6. The summed E-state index contributed by atoms with van der Waals surface area (Å²) in [4.78, 5) is 53.8. The third kappa shape index (κ3) is 4.17. The van der Waals surface area contributed by atoms with Crippen LogP contribution in [0.5, 0.6) is 0 Å². The van der Waals surface area contributed by atoms with Gasteiger partial charge in [-0.3, -0.25) is 29.4 Å². The molecule has 174 valence electrons. The molecule has 0 saturated carbocycles. The molecule has 1 aromatic heterocycles. The van der Waals surface area contributed by atoms with E-state index in [-0.39, 0.29) is 30.1 Å². The number of amides is 3. The van der Waals surface area contributed by atoms with Crippen molar-refractivity contribution in [1.29, 1.82) is 0 Å². The number of aromatic nitrogens is 1. The Morgan fingerprint density at radius 1 is 1.03 bits per heavy atom. The molecule has 3 aromatic carbocycles. The highest BCUT2D eigenvalue weighted by atomic mass is 79.9. The minimum Gasteiger partial charge on any atom is -0.436 e. The number of para-hydroxylation sites is 1. The summed E-state index contributed by atoms with van der Waals surface area (Å²) in [5.74, 6) is -1.12. The van der Waals surface area contributed by atoms with E-state index >= 15 is 0 Å². The van der Waals surface area contributed by atoms with Gasteiger partial charge in [-0.25, -0.2) is 4.98 Å². The first-order valence-corrected chi connectivity index (χ1v) is 11.2. The zero-order valence-electron chi connectivity index (χ0n) is 17.9. The summed E-state index contributed by atoms with van der Waals surface area (Å²) >= 11 is 3.29. The van der Waals surface area contributed by atoms with E-state index in [4.69, 9.17) is 4.42 Å². The summed E-state index contributed by atoms with van der Waals surface area (Å²) in [6.45, 7) is -0.0788.